The minimum absolute atomic E-state index is 0.103. The normalized spacial score (nSPS) is 12.9. The van der Waals surface area contributed by atoms with E-state index in [0.29, 0.717) is 19.3 Å². The average molecular weight is 1050 g/mol. The molecular weight excluding hydrogens is 937 g/mol. The third-order valence-electron chi connectivity index (χ3n) is 13.2. The SMILES string of the molecule is CC/C=C\C/C=C\C/C=C\C/C=C\C/C=C\CCCC(=O)OC(COC(=O)CCCCCCC/C=C\CCC)COC(=O)CCCCCCCCCCCCCCCCCCCC/C=C\C/C=C\C/C=C\C/C=C\CC. The highest BCUT2D eigenvalue weighted by molar-refractivity contribution is 5.71. The first-order valence-corrected chi connectivity index (χ1v) is 31.5. The largest absolute Gasteiger partial charge is 0.462 e. The molecule has 0 fully saturated rings. The zero-order chi connectivity index (χ0) is 55.0. The van der Waals surface area contributed by atoms with E-state index in [4.69, 9.17) is 14.2 Å². The van der Waals surface area contributed by atoms with Gasteiger partial charge in [0.25, 0.3) is 0 Å². The first-order valence-electron chi connectivity index (χ1n) is 31.5. The van der Waals surface area contributed by atoms with Gasteiger partial charge in [0.1, 0.15) is 13.2 Å². The van der Waals surface area contributed by atoms with Crippen molar-refractivity contribution >= 4 is 17.9 Å². The summed E-state index contributed by atoms with van der Waals surface area (Å²) >= 11 is 0. The van der Waals surface area contributed by atoms with Crippen LogP contribution in [0.1, 0.15) is 284 Å². The lowest BCUT2D eigenvalue weighted by atomic mass is 10.0. The highest BCUT2D eigenvalue weighted by Gasteiger charge is 2.19. The maximum atomic E-state index is 12.8. The fourth-order valence-electron chi connectivity index (χ4n) is 8.53. The quantitative estimate of drug-likeness (QED) is 0.0261. The van der Waals surface area contributed by atoms with Gasteiger partial charge in [0.05, 0.1) is 0 Å². The smallest absolute Gasteiger partial charge is 0.306 e. The van der Waals surface area contributed by atoms with Crippen molar-refractivity contribution in [3.8, 4) is 0 Å². The Hall–Kier alpha value is -4.19. The van der Waals surface area contributed by atoms with Crippen molar-refractivity contribution < 1.29 is 28.6 Å². The van der Waals surface area contributed by atoms with Crippen molar-refractivity contribution in [1.29, 1.82) is 0 Å². The van der Waals surface area contributed by atoms with Crippen molar-refractivity contribution in [2.24, 2.45) is 0 Å². The summed E-state index contributed by atoms with van der Waals surface area (Å²) < 4.78 is 16.8. The minimum Gasteiger partial charge on any atom is -0.462 e. The van der Waals surface area contributed by atoms with E-state index >= 15 is 0 Å². The average Bonchev–Trinajstić information content (AvgIpc) is 3.42. The lowest BCUT2D eigenvalue weighted by Crippen LogP contribution is -2.30. The summed E-state index contributed by atoms with van der Waals surface area (Å²) in [6.07, 6.45) is 88.1. The van der Waals surface area contributed by atoms with Crippen LogP contribution in [0.5, 0.6) is 0 Å². The summed E-state index contributed by atoms with van der Waals surface area (Å²) in [6, 6.07) is 0. The molecule has 0 spiro atoms. The molecule has 0 aliphatic heterocycles. The second kappa shape index (κ2) is 63.3. The first-order chi connectivity index (χ1) is 37.5. The number of unbranched alkanes of at least 4 members (excludes halogenated alkanes) is 25. The Balaban J connectivity index is 4.20. The lowest BCUT2D eigenvalue weighted by molar-refractivity contribution is -0.167. The molecule has 432 valence electrons. The van der Waals surface area contributed by atoms with Crippen LogP contribution in [-0.4, -0.2) is 37.2 Å². The molecule has 0 aromatic rings. The molecule has 0 amide bonds. The van der Waals surface area contributed by atoms with Crippen LogP contribution in [0.3, 0.4) is 0 Å². The third-order valence-corrected chi connectivity index (χ3v) is 13.2. The van der Waals surface area contributed by atoms with Crippen LogP contribution in [0, 0.1) is 0 Å². The number of carbonyl (C=O) groups excluding carboxylic acids is 3. The van der Waals surface area contributed by atoms with Gasteiger partial charge in [0, 0.05) is 19.3 Å². The summed E-state index contributed by atoms with van der Waals surface area (Å²) in [5.74, 6) is -0.970. The molecule has 0 aliphatic rings. The van der Waals surface area contributed by atoms with Gasteiger partial charge in [-0.1, -0.05) is 271 Å². The number of hydrogen-bond donors (Lipinski definition) is 0. The maximum Gasteiger partial charge on any atom is 0.306 e. The summed E-state index contributed by atoms with van der Waals surface area (Å²) in [7, 11) is 0. The Morgan fingerprint density at radius 2 is 0.526 bits per heavy atom. The molecule has 76 heavy (non-hydrogen) atoms. The Morgan fingerprint density at radius 3 is 0.855 bits per heavy atom. The summed E-state index contributed by atoms with van der Waals surface area (Å²) in [4.78, 5) is 38.1. The monoisotopic (exact) mass is 1050 g/mol. The molecule has 0 saturated heterocycles. The van der Waals surface area contributed by atoms with Crippen LogP contribution in [0.15, 0.2) is 122 Å². The number of carbonyl (C=O) groups is 3. The third kappa shape index (κ3) is 60.7. The van der Waals surface area contributed by atoms with Gasteiger partial charge in [-0.15, -0.1) is 0 Å². The van der Waals surface area contributed by atoms with E-state index in [1.807, 2.05) is 0 Å². The molecule has 0 aromatic heterocycles. The van der Waals surface area contributed by atoms with Gasteiger partial charge in [-0.25, -0.2) is 0 Å². The van der Waals surface area contributed by atoms with Crippen molar-refractivity contribution in [3.05, 3.63) is 122 Å². The van der Waals surface area contributed by atoms with Gasteiger partial charge >= 0.3 is 17.9 Å². The Labute approximate surface area is 469 Å². The van der Waals surface area contributed by atoms with Gasteiger partial charge < -0.3 is 14.2 Å². The first kappa shape index (κ1) is 71.8. The highest BCUT2D eigenvalue weighted by Crippen LogP contribution is 2.16. The second-order valence-electron chi connectivity index (χ2n) is 20.5. The molecule has 0 radical (unpaired) electrons. The van der Waals surface area contributed by atoms with E-state index in [1.54, 1.807) is 0 Å². The van der Waals surface area contributed by atoms with Gasteiger partial charge in [-0.3, -0.25) is 14.4 Å². The van der Waals surface area contributed by atoms with Crippen molar-refractivity contribution in [1.82, 2.24) is 0 Å². The zero-order valence-corrected chi connectivity index (χ0v) is 49.5. The van der Waals surface area contributed by atoms with E-state index in [1.165, 1.54) is 116 Å². The number of allylic oxidation sites excluding steroid dienone is 20. The predicted octanol–water partition coefficient (Wildman–Crippen LogP) is 21.6. The second-order valence-corrected chi connectivity index (χ2v) is 20.5. The molecular formula is C70H116O6. The fraction of sp³-hybridized carbons (Fsp3) is 0.671. The van der Waals surface area contributed by atoms with Gasteiger partial charge in [-0.2, -0.15) is 0 Å². The van der Waals surface area contributed by atoms with Gasteiger partial charge in [0.2, 0.25) is 0 Å². The highest BCUT2D eigenvalue weighted by atomic mass is 16.6. The summed E-state index contributed by atoms with van der Waals surface area (Å²) in [6.45, 7) is 6.31. The van der Waals surface area contributed by atoms with Crippen molar-refractivity contribution in [2.75, 3.05) is 13.2 Å². The van der Waals surface area contributed by atoms with Crippen LogP contribution in [0.2, 0.25) is 0 Å². The fourth-order valence-corrected chi connectivity index (χ4v) is 8.53. The summed E-state index contributed by atoms with van der Waals surface area (Å²) in [5.41, 5.74) is 0. The molecule has 0 aromatic carbocycles. The maximum absolute atomic E-state index is 12.8. The number of esters is 3. The van der Waals surface area contributed by atoms with Crippen LogP contribution in [0.4, 0.5) is 0 Å². The van der Waals surface area contributed by atoms with Gasteiger partial charge in [0.15, 0.2) is 6.10 Å². The molecule has 0 rings (SSSR count). The Bertz CT molecular complexity index is 1590. The molecule has 0 bridgehead atoms. The molecule has 0 saturated carbocycles. The minimum atomic E-state index is -0.812. The van der Waals surface area contributed by atoms with E-state index in [0.717, 1.165) is 122 Å². The number of rotatable bonds is 56. The zero-order valence-electron chi connectivity index (χ0n) is 49.5. The van der Waals surface area contributed by atoms with E-state index in [2.05, 4.69) is 142 Å². The molecule has 1 atom stereocenters. The molecule has 0 N–H and O–H groups in total. The Kier molecular flexibility index (Phi) is 59.9. The Morgan fingerprint density at radius 1 is 0.276 bits per heavy atom. The standard InChI is InChI=1S/C70H116O6/c1-4-7-10-13-16-19-22-24-26-28-29-30-31-32-33-34-35-36-37-38-39-40-41-43-44-46-48-51-54-57-60-63-69(72)75-66-67(65-74-68(71)62-59-56-53-50-21-18-15-12-9-6-3)76-70(73)64-61-58-55-52-49-47-45-42-27-25-23-20-17-14-11-8-5-2/h7-8,10-12,15-17,19-20,24-27,29-30,45,47,52,55,67H,4-6,9,13-14,18,21-23,28,31-44,46,48-51,53-54,56-66H2,1-3H3/b10-7-,11-8-,15-12-,19-16-,20-17-,26-24-,27-25-,30-29-,47-45-,55-52-. The lowest BCUT2D eigenvalue weighted by Gasteiger charge is -2.18. The molecule has 0 aliphatic carbocycles. The van der Waals surface area contributed by atoms with Crippen molar-refractivity contribution in [2.45, 2.75) is 290 Å². The topological polar surface area (TPSA) is 78.9 Å². The van der Waals surface area contributed by atoms with Crippen LogP contribution in [-0.2, 0) is 28.6 Å². The number of ether oxygens (including phenoxy) is 3. The predicted molar refractivity (Wildman–Crippen MR) is 330 cm³/mol. The van der Waals surface area contributed by atoms with Gasteiger partial charge in [-0.05, 0) is 116 Å². The molecule has 6 heteroatoms. The molecule has 0 heterocycles. The molecule has 6 nitrogen and oxygen atoms in total. The van der Waals surface area contributed by atoms with E-state index in [9.17, 15) is 14.4 Å². The van der Waals surface area contributed by atoms with Crippen LogP contribution in [0.25, 0.3) is 0 Å². The summed E-state index contributed by atoms with van der Waals surface area (Å²) in [5, 5.41) is 0. The van der Waals surface area contributed by atoms with Crippen LogP contribution >= 0.6 is 0 Å². The van der Waals surface area contributed by atoms with Crippen molar-refractivity contribution in [3.63, 3.8) is 0 Å². The van der Waals surface area contributed by atoms with Crippen LogP contribution < -0.4 is 0 Å². The number of hydrogen-bond acceptors (Lipinski definition) is 6. The van der Waals surface area contributed by atoms with E-state index < -0.39 is 6.10 Å². The molecule has 1 unspecified atom stereocenters. The van der Waals surface area contributed by atoms with E-state index in [-0.39, 0.29) is 37.5 Å².